The van der Waals surface area contributed by atoms with Crippen LogP contribution in [0.2, 0.25) is 0 Å². The van der Waals surface area contributed by atoms with Crippen molar-refractivity contribution in [3.8, 4) is 5.69 Å². The molecule has 5 nitrogen and oxygen atoms in total. The van der Waals surface area contributed by atoms with Gasteiger partial charge in [-0.15, -0.1) is 0 Å². The number of aromatic nitrogens is 3. The van der Waals surface area contributed by atoms with Crippen molar-refractivity contribution in [1.82, 2.24) is 14.8 Å². The smallest absolute Gasteiger partial charge is 0.328 e. The first-order valence-electron chi connectivity index (χ1n) is 6.60. The number of carboxylic acid groups (broad SMARTS) is 1. The van der Waals surface area contributed by atoms with E-state index in [2.05, 4.69) is 10.1 Å². The standard InChI is InChI=1S/C15H17N3O2/c1-3-13-16-14(4-2)18(17-13)12-8-5-11(6-9-12)7-10-15(19)20/h5-10H,3-4H2,1-2H3,(H,19,20). The van der Waals surface area contributed by atoms with Crippen molar-refractivity contribution in [3.63, 3.8) is 0 Å². The summed E-state index contributed by atoms with van der Waals surface area (Å²) in [4.78, 5) is 14.9. The van der Waals surface area contributed by atoms with Gasteiger partial charge in [0.25, 0.3) is 0 Å². The highest BCUT2D eigenvalue weighted by Gasteiger charge is 2.08. The Morgan fingerprint density at radius 3 is 2.50 bits per heavy atom. The third-order valence-corrected chi connectivity index (χ3v) is 2.91. The van der Waals surface area contributed by atoms with Gasteiger partial charge >= 0.3 is 5.97 Å². The second kappa shape index (κ2) is 6.14. The second-order valence-corrected chi connectivity index (χ2v) is 4.33. The zero-order valence-electron chi connectivity index (χ0n) is 11.6. The van der Waals surface area contributed by atoms with Crippen LogP contribution in [0.25, 0.3) is 11.8 Å². The first kappa shape index (κ1) is 14.0. The normalized spacial score (nSPS) is 11.1. The molecule has 0 atom stereocenters. The number of hydrogen-bond acceptors (Lipinski definition) is 3. The zero-order valence-corrected chi connectivity index (χ0v) is 11.6. The van der Waals surface area contributed by atoms with Crippen molar-refractivity contribution >= 4 is 12.0 Å². The van der Waals surface area contributed by atoms with Crippen LogP contribution in [0, 0.1) is 0 Å². The van der Waals surface area contributed by atoms with Crippen LogP contribution in [0.3, 0.4) is 0 Å². The fourth-order valence-corrected chi connectivity index (χ4v) is 1.87. The predicted molar refractivity (Wildman–Crippen MR) is 76.8 cm³/mol. The maximum Gasteiger partial charge on any atom is 0.328 e. The lowest BCUT2D eigenvalue weighted by Crippen LogP contribution is -2.01. The van der Waals surface area contributed by atoms with E-state index in [4.69, 9.17) is 5.11 Å². The minimum atomic E-state index is -0.953. The first-order valence-corrected chi connectivity index (χ1v) is 6.60. The molecule has 1 heterocycles. The van der Waals surface area contributed by atoms with Crippen LogP contribution >= 0.6 is 0 Å². The number of benzene rings is 1. The molecule has 0 saturated carbocycles. The summed E-state index contributed by atoms with van der Waals surface area (Å²) in [5.74, 6) is 0.804. The number of nitrogens with zero attached hydrogens (tertiary/aromatic N) is 3. The maximum absolute atomic E-state index is 10.5. The van der Waals surface area contributed by atoms with Gasteiger partial charge in [0.1, 0.15) is 5.82 Å². The molecule has 104 valence electrons. The lowest BCUT2D eigenvalue weighted by atomic mass is 10.2. The molecule has 0 unspecified atom stereocenters. The first-order chi connectivity index (χ1) is 9.63. The Hall–Kier alpha value is -2.43. The quantitative estimate of drug-likeness (QED) is 0.848. The Labute approximate surface area is 117 Å². The lowest BCUT2D eigenvalue weighted by Gasteiger charge is -2.04. The average Bonchev–Trinajstić information content (AvgIpc) is 2.89. The number of aryl methyl sites for hydroxylation is 2. The summed E-state index contributed by atoms with van der Waals surface area (Å²) in [5, 5.41) is 13.1. The molecule has 0 aliphatic carbocycles. The van der Waals surface area contributed by atoms with Gasteiger partial charge in [-0.3, -0.25) is 0 Å². The molecule has 0 fully saturated rings. The summed E-state index contributed by atoms with van der Waals surface area (Å²) < 4.78 is 1.84. The molecule has 0 radical (unpaired) electrons. The van der Waals surface area contributed by atoms with Crippen LogP contribution in [0.5, 0.6) is 0 Å². The molecule has 0 saturated heterocycles. The van der Waals surface area contributed by atoms with Gasteiger partial charge in [-0.1, -0.05) is 26.0 Å². The zero-order chi connectivity index (χ0) is 14.5. The summed E-state index contributed by atoms with van der Waals surface area (Å²) in [6, 6.07) is 7.55. The van der Waals surface area contributed by atoms with Gasteiger partial charge in [-0.2, -0.15) is 5.10 Å². The highest BCUT2D eigenvalue weighted by molar-refractivity contribution is 5.85. The van der Waals surface area contributed by atoms with E-state index in [0.717, 1.165) is 41.8 Å². The van der Waals surface area contributed by atoms with E-state index in [-0.39, 0.29) is 0 Å². The van der Waals surface area contributed by atoms with Gasteiger partial charge < -0.3 is 5.11 Å². The molecular weight excluding hydrogens is 254 g/mol. The number of rotatable bonds is 5. The molecule has 2 aromatic rings. The van der Waals surface area contributed by atoms with Crippen molar-refractivity contribution in [2.75, 3.05) is 0 Å². The molecule has 0 aliphatic heterocycles. The Balaban J connectivity index is 2.30. The Morgan fingerprint density at radius 2 is 1.95 bits per heavy atom. The summed E-state index contributed by atoms with van der Waals surface area (Å²) in [5.41, 5.74) is 1.77. The number of aliphatic carboxylic acids is 1. The van der Waals surface area contributed by atoms with E-state index >= 15 is 0 Å². The Morgan fingerprint density at radius 1 is 1.25 bits per heavy atom. The van der Waals surface area contributed by atoms with Gasteiger partial charge in [0, 0.05) is 18.9 Å². The highest BCUT2D eigenvalue weighted by atomic mass is 16.4. The highest BCUT2D eigenvalue weighted by Crippen LogP contribution is 2.13. The van der Waals surface area contributed by atoms with Crippen molar-refractivity contribution in [2.45, 2.75) is 26.7 Å². The molecule has 2 rings (SSSR count). The van der Waals surface area contributed by atoms with Crippen molar-refractivity contribution in [2.24, 2.45) is 0 Å². The Kier molecular flexibility index (Phi) is 4.30. The Bertz CT molecular complexity index is 627. The van der Waals surface area contributed by atoms with Gasteiger partial charge in [-0.05, 0) is 23.8 Å². The minimum Gasteiger partial charge on any atom is -0.478 e. The molecule has 0 bridgehead atoms. The molecule has 1 aromatic carbocycles. The number of hydrogen-bond donors (Lipinski definition) is 1. The number of carboxylic acids is 1. The SMILES string of the molecule is CCc1nc(CC)n(-c2ccc(C=CC(=O)O)cc2)n1. The minimum absolute atomic E-state index is 0.805. The molecule has 5 heteroatoms. The summed E-state index contributed by atoms with van der Waals surface area (Å²) in [6.45, 7) is 4.07. The molecule has 20 heavy (non-hydrogen) atoms. The van der Waals surface area contributed by atoms with E-state index in [0.29, 0.717) is 0 Å². The topological polar surface area (TPSA) is 68.0 Å². The van der Waals surface area contributed by atoms with E-state index in [1.54, 1.807) is 6.08 Å². The third kappa shape index (κ3) is 3.12. The molecule has 1 N–H and O–H groups in total. The molecule has 0 aliphatic rings. The van der Waals surface area contributed by atoms with E-state index in [1.165, 1.54) is 0 Å². The van der Waals surface area contributed by atoms with Crippen LogP contribution in [0.4, 0.5) is 0 Å². The van der Waals surface area contributed by atoms with Gasteiger partial charge in [-0.25, -0.2) is 14.5 Å². The molecule has 0 amide bonds. The molecule has 1 aromatic heterocycles. The molecule has 0 spiro atoms. The van der Waals surface area contributed by atoms with Crippen molar-refractivity contribution in [1.29, 1.82) is 0 Å². The van der Waals surface area contributed by atoms with E-state index < -0.39 is 5.97 Å². The monoisotopic (exact) mass is 271 g/mol. The van der Waals surface area contributed by atoms with E-state index in [9.17, 15) is 4.79 Å². The second-order valence-electron chi connectivity index (χ2n) is 4.33. The summed E-state index contributed by atoms with van der Waals surface area (Å²) in [7, 11) is 0. The largest absolute Gasteiger partial charge is 0.478 e. The van der Waals surface area contributed by atoms with Crippen molar-refractivity contribution in [3.05, 3.63) is 47.6 Å². The van der Waals surface area contributed by atoms with Crippen LogP contribution in [-0.2, 0) is 17.6 Å². The maximum atomic E-state index is 10.5. The third-order valence-electron chi connectivity index (χ3n) is 2.91. The fourth-order valence-electron chi connectivity index (χ4n) is 1.87. The van der Waals surface area contributed by atoms with Gasteiger partial charge in [0.2, 0.25) is 0 Å². The lowest BCUT2D eigenvalue weighted by molar-refractivity contribution is -0.131. The average molecular weight is 271 g/mol. The van der Waals surface area contributed by atoms with Gasteiger partial charge in [0.05, 0.1) is 5.69 Å². The van der Waals surface area contributed by atoms with Gasteiger partial charge in [0.15, 0.2) is 5.82 Å². The van der Waals surface area contributed by atoms with E-state index in [1.807, 2.05) is 42.8 Å². The summed E-state index contributed by atoms with van der Waals surface area (Å²) >= 11 is 0. The van der Waals surface area contributed by atoms with Crippen LogP contribution < -0.4 is 0 Å². The van der Waals surface area contributed by atoms with Crippen LogP contribution in [0.1, 0.15) is 31.1 Å². The van der Waals surface area contributed by atoms with Crippen molar-refractivity contribution < 1.29 is 9.90 Å². The summed E-state index contributed by atoms with van der Waals surface area (Å²) in [6.07, 6.45) is 4.30. The predicted octanol–water partition coefficient (Wildman–Crippen LogP) is 2.49. The molecular formula is C15H17N3O2. The van der Waals surface area contributed by atoms with Crippen LogP contribution in [-0.4, -0.2) is 25.8 Å². The fraction of sp³-hybridized carbons (Fsp3) is 0.267. The van der Waals surface area contributed by atoms with Crippen LogP contribution in [0.15, 0.2) is 30.3 Å². The number of carbonyl (C=O) groups is 1.